The molecule has 0 saturated heterocycles. The number of aromatic hydroxyl groups is 1. The van der Waals surface area contributed by atoms with Crippen molar-refractivity contribution in [2.75, 3.05) is 5.32 Å². The highest BCUT2D eigenvalue weighted by molar-refractivity contribution is 5.61. The number of rotatable bonds is 4. The van der Waals surface area contributed by atoms with Gasteiger partial charge in [-0.15, -0.1) is 0 Å². The van der Waals surface area contributed by atoms with Gasteiger partial charge in [0, 0.05) is 24.2 Å². The van der Waals surface area contributed by atoms with Gasteiger partial charge in [0.15, 0.2) is 0 Å². The predicted molar refractivity (Wildman–Crippen MR) is 73.2 cm³/mol. The number of nitrogens with one attached hydrogen (secondary N) is 1. The first-order chi connectivity index (χ1) is 9.61. The number of anilines is 1. The summed E-state index contributed by atoms with van der Waals surface area (Å²) in [6.07, 6.45) is 0. The molecule has 100 valence electrons. The average molecular weight is 269 g/mol. The molecule has 0 aromatic heterocycles. The molecule has 0 fully saturated rings. The van der Waals surface area contributed by atoms with Gasteiger partial charge in [0.05, 0.1) is 16.2 Å². The number of para-hydroxylation sites is 1. The summed E-state index contributed by atoms with van der Waals surface area (Å²) in [7, 11) is 0. The smallest absolute Gasteiger partial charge is 0.270 e. The van der Waals surface area contributed by atoms with Crippen LogP contribution in [0.25, 0.3) is 0 Å². The lowest BCUT2D eigenvalue weighted by molar-refractivity contribution is -0.384. The first-order valence-electron chi connectivity index (χ1n) is 5.81. The van der Waals surface area contributed by atoms with Crippen molar-refractivity contribution in [2.24, 2.45) is 0 Å². The Morgan fingerprint density at radius 1 is 1.30 bits per heavy atom. The predicted octanol–water partition coefficient (Wildman–Crippen LogP) is 2.78. The molecule has 0 atom stereocenters. The third-order valence-corrected chi connectivity index (χ3v) is 2.80. The lowest BCUT2D eigenvalue weighted by Gasteiger charge is -2.09. The topological polar surface area (TPSA) is 99.2 Å². The number of phenolic OH excluding ortho intramolecular Hbond substituents is 1. The van der Waals surface area contributed by atoms with Gasteiger partial charge in [-0.2, -0.15) is 5.26 Å². The normalized spacial score (nSPS) is 9.75. The van der Waals surface area contributed by atoms with E-state index < -0.39 is 4.92 Å². The number of nitro groups is 1. The van der Waals surface area contributed by atoms with E-state index in [9.17, 15) is 15.2 Å². The highest BCUT2D eigenvalue weighted by atomic mass is 16.6. The minimum atomic E-state index is -0.548. The number of non-ortho nitro benzene ring substituents is 1. The number of nitrogens with zero attached hydrogens (tertiary/aromatic N) is 2. The third kappa shape index (κ3) is 2.84. The maximum absolute atomic E-state index is 10.6. The van der Waals surface area contributed by atoms with Gasteiger partial charge in [-0.05, 0) is 12.1 Å². The second-order valence-electron chi connectivity index (χ2n) is 4.08. The van der Waals surface area contributed by atoms with Crippen LogP contribution < -0.4 is 5.32 Å². The Morgan fingerprint density at radius 2 is 2.05 bits per heavy atom. The van der Waals surface area contributed by atoms with Crippen LogP contribution in [-0.4, -0.2) is 10.0 Å². The molecule has 2 rings (SSSR count). The summed E-state index contributed by atoms with van der Waals surface area (Å²) in [6.45, 7) is 0.319. The van der Waals surface area contributed by atoms with Crippen molar-refractivity contribution in [2.45, 2.75) is 6.54 Å². The summed E-state index contributed by atoms with van der Waals surface area (Å²) in [5, 5.41) is 32.3. The fourth-order valence-electron chi connectivity index (χ4n) is 1.74. The first-order valence-corrected chi connectivity index (χ1v) is 5.81. The summed E-state index contributed by atoms with van der Waals surface area (Å²) < 4.78 is 0. The molecule has 0 aliphatic rings. The van der Waals surface area contributed by atoms with E-state index in [0.29, 0.717) is 17.8 Å². The van der Waals surface area contributed by atoms with Gasteiger partial charge in [0.1, 0.15) is 11.8 Å². The van der Waals surface area contributed by atoms with Crippen LogP contribution in [0, 0.1) is 21.4 Å². The van der Waals surface area contributed by atoms with Gasteiger partial charge in [-0.1, -0.05) is 18.2 Å². The van der Waals surface area contributed by atoms with Crippen LogP contribution in [0.3, 0.4) is 0 Å². The zero-order valence-corrected chi connectivity index (χ0v) is 10.4. The number of hydrogen-bond acceptors (Lipinski definition) is 5. The van der Waals surface area contributed by atoms with Crippen LogP contribution in [0.5, 0.6) is 5.75 Å². The van der Waals surface area contributed by atoms with Gasteiger partial charge in [-0.3, -0.25) is 10.1 Å². The standard InChI is InChI=1S/C14H11N3O3/c15-8-11-7-12(17(19)20)5-6-13(11)16-9-10-3-1-2-4-14(10)18/h1-7,16,18H,9H2. The van der Waals surface area contributed by atoms with Crippen LogP contribution >= 0.6 is 0 Å². The minimum Gasteiger partial charge on any atom is -0.508 e. The molecule has 0 spiro atoms. The molecule has 0 saturated carbocycles. The SMILES string of the molecule is N#Cc1cc([N+](=O)[O-])ccc1NCc1ccccc1O. The van der Waals surface area contributed by atoms with Crippen LogP contribution in [-0.2, 0) is 6.54 Å². The van der Waals surface area contributed by atoms with E-state index in [2.05, 4.69) is 5.32 Å². The average Bonchev–Trinajstić information content (AvgIpc) is 2.46. The molecule has 6 heteroatoms. The highest BCUT2D eigenvalue weighted by Crippen LogP contribution is 2.23. The van der Waals surface area contributed by atoms with Crippen LogP contribution in [0.2, 0.25) is 0 Å². The molecule has 0 bridgehead atoms. The molecule has 0 aliphatic heterocycles. The maximum atomic E-state index is 10.6. The lowest BCUT2D eigenvalue weighted by Crippen LogP contribution is -2.02. The summed E-state index contributed by atoms with van der Waals surface area (Å²) in [5.74, 6) is 0.153. The van der Waals surface area contributed by atoms with Gasteiger partial charge < -0.3 is 10.4 Å². The van der Waals surface area contributed by atoms with Crippen molar-refractivity contribution in [3.8, 4) is 11.8 Å². The Morgan fingerprint density at radius 3 is 2.70 bits per heavy atom. The second kappa shape index (κ2) is 5.71. The number of nitro benzene ring substituents is 1. The maximum Gasteiger partial charge on any atom is 0.270 e. The van der Waals surface area contributed by atoms with Crippen LogP contribution in [0.4, 0.5) is 11.4 Å². The molecule has 0 heterocycles. The molecule has 2 N–H and O–H groups in total. The summed E-state index contributed by atoms with van der Waals surface area (Å²) in [5.41, 5.74) is 1.22. The lowest BCUT2D eigenvalue weighted by atomic mass is 10.1. The Kier molecular flexibility index (Phi) is 3.82. The monoisotopic (exact) mass is 269 g/mol. The quantitative estimate of drug-likeness (QED) is 0.656. The largest absolute Gasteiger partial charge is 0.508 e. The van der Waals surface area contributed by atoms with Gasteiger partial charge in [0.2, 0.25) is 0 Å². The van der Waals surface area contributed by atoms with Gasteiger partial charge >= 0.3 is 0 Å². The number of benzene rings is 2. The van der Waals surface area contributed by atoms with E-state index in [1.807, 2.05) is 6.07 Å². The van der Waals surface area contributed by atoms with Gasteiger partial charge in [0.25, 0.3) is 5.69 Å². The first kappa shape index (κ1) is 13.4. The Balaban J connectivity index is 2.20. The molecule has 2 aromatic rings. The Hall–Kier alpha value is -3.07. The van der Waals surface area contributed by atoms with Crippen molar-refractivity contribution >= 4 is 11.4 Å². The van der Waals surface area contributed by atoms with Crippen molar-refractivity contribution in [1.82, 2.24) is 0 Å². The second-order valence-corrected chi connectivity index (χ2v) is 4.08. The number of nitriles is 1. The van der Waals surface area contributed by atoms with E-state index in [4.69, 9.17) is 5.26 Å². The van der Waals surface area contributed by atoms with E-state index in [0.717, 1.165) is 0 Å². The summed E-state index contributed by atoms with van der Waals surface area (Å²) in [6, 6.07) is 12.8. The molecule has 2 aromatic carbocycles. The van der Waals surface area contributed by atoms with Crippen LogP contribution in [0.15, 0.2) is 42.5 Å². The third-order valence-electron chi connectivity index (χ3n) is 2.80. The van der Waals surface area contributed by atoms with E-state index >= 15 is 0 Å². The highest BCUT2D eigenvalue weighted by Gasteiger charge is 2.10. The zero-order valence-electron chi connectivity index (χ0n) is 10.4. The molecular formula is C14H11N3O3. The van der Waals surface area contributed by atoms with E-state index in [1.54, 1.807) is 24.3 Å². The zero-order chi connectivity index (χ0) is 14.5. The van der Waals surface area contributed by atoms with Crippen molar-refractivity contribution < 1.29 is 10.0 Å². The summed E-state index contributed by atoms with van der Waals surface area (Å²) in [4.78, 5) is 10.1. The van der Waals surface area contributed by atoms with Crippen molar-refractivity contribution in [1.29, 1.82) is 5.26 Å². The van der Waals surface area contributed by atoms with Crippen LogP contribution in [0.1, 0.15) is 11.1 Å². The molecule has 6 nitrogen and oxygen atoms in total. The molecule has 0 radical (unpaired) electrons. The van der Waals surface area contributed by atoms with Crippen molar-refractivity contribution in [3.05, 3.63) is 63.7 Å². The molecule has 0 aliphatic carbocycles. The number of phenols is 1. The Bertz CT molecular complexity index is 692. The molecule has 20 heavy (non-hydrogen) atoms. The minimum absolute atomic E-state index is 0.130. The van der Waals surface area contributed by atoms with Crippen molar-refractivity contribution in [3.63, 3.8) is 0 Å². The van der Waals surface area contributed by atoms with E-state index in [1.165, 1.54) is 18.2 Å². The molecular weight excluding hydrogens is 258 g/mol. The summed E-state index contributed by atoms with van der Waals surface area (Å²) >= 11 is 0. The Labute approximate surface area is 115 Å². The molecule has 0 unspecified atom stereocenters. The fraction of sp³-hybridized carbons (Fsp3) is 0.0714. The molecule has 0 amide bonds. The fourth-order valence-corrected chi connectivity index (χ4v) is 1.74. The van der Waals surface area contributed by atoms with Gasteiger partial charge in [-0.25, -0.2) is 0 Å². The number of hydrogen-bond donors (Lipinski definition) is 2. The van der Waals surface area contributed by atoms with E-state index in [-0.39, 0.29) is 17.0 Å².